The molecule has 2 aromatic carbocycles. The Morgan fingerprint density at radius 2 is 1.96 bits per heavy atom. The Bertz CT molecular complexity index is 923. The maximum Gasteiger partial charge on any atom is 0.256 e. The maximum absolute atomic E-state index is 13.8. The van der Waals surface area contributed by atoms with E-state index in [-0.39, 0.29) is 17.6 Å². The van der Waals surface area contributed by atoms with Crippen LogP contribution < -0.4 is 4.74 Å². The third kappa shape index (κ3) is 3.05. The number of hydrogen-bond donors (Lipinski definition) is 0. The zero-order valence-electron chi connectivity index (χ0n) is 13.6. The van der Waals surface area contributed by atoms with Crippen LogP contribution >= 0.6 is 0 Å². The number of rotatable bonds is 3. The van der Waals surface area contributed by atoms with E-state index >= 15 is 0 Å². The quantitative estimate of drug-likeness (QED) is 0.733. The topological polar surface area (TPSA) is 42.4 Å². The number of benzene rings is 2. The fraction of sp³-hybridized carbons (Fsp3) is 0.200. The van der Waals surface area contributed by atoms with Crippen LogP contribution in [-0.4, -0.2) is 35.0 Å². The Morgan fingerprint density at radius 3 is 2.84 bits per heavy atom. The highest BCUT2D eigenvalue weighted by Crippen LogP contribution is 2.26. The van der Waals surface area contributed by atoms with E-state index in [1.165, 1.54) is 12.1 Å². The van der Waals surface area contributed by atoms with Gasteiger partial charge >= 0.3 is 0 Å². The van der Waals surface area contributed by atoms with Gasteiger partial charge in [-0.2, -0.15) is 0 Å². The van der Waals surface area contributed by atoms with E-state index in [4.69, 9.17) is 4.74 Å². The molecule has 4 nitrogen and oxygen atoms in total. The molecule has 1 aromatic heterocycles. The Morgan fingerprint density at radius 1 is 1.12 bits per heavy atom. The molecule has 0 aliphatic carbocycles. The highest BCUT2D eigenvalue weighted by molar-refractivity contribution is 5.94. The molecule has 126 valence electrons. The smallest absolute Gasteiger partial charge is 0.256 e. The van der Waals surface area contributed by atoms with Crippen LogP contribution in [0, 0.1) is 5.82 Å². The minimum Gasteiger partial charge on any atom is -0.486 e. The van der Waals surface area contributed by atoms with Crippen LogP contribution in [0.15, 0.2) is 60.8 Å². The van der Waals surface area contributed by atoms with Gasteiger partial charge in [-0.05, 0) is 24.3 Å². The number of para-hydroxylation sites is 1. The molecule has 1 atom stereocenters. The highest BCUT2D eigenvalue weighted by Gasteiger charge is 2.29. The number of hydrogen-bond acceptors (Lipinski definition) is 3. The Kier molecular flexibility index (Phi) is 4.06. The predicted octanol–water partition coefficient (Wildman–Crippen LogP) is 3.67. The second kappa shape index (κ2) is 6.51. The summed E-state index contributed by atoms with van der Waals surface area (Å²) in [5.74, 6) is -0.0707. The summed E-state index contributed by atoms with van der Waals surface area (Å²) in [6.07, 6.45) is 2.32. The number of halogens is 1. The minimum absolute atomic E-state index is 0.106. The van der Waals surface area contributed by atoms with E-state index in [9.17, 15) is 9.18 Å². The normalized spacial score (nSPS) is 17.0. The average Bonchev–Trinajstić information content (AvgIpc) is 3.10. The zero-order chi connectivity index (χ0) is 17.2. The van der Waals surface area contributed by atoms with Crippen molar-refractivity contribution in [3.8, 4) is 5.75 Å². The van der Waals surface area contributed by atoms with Gasteiger partial charge in [0, 0.05) is 24.5 Å². The summed E-state index contributed by atoms with van der Waals surface area (Å²) in [5.41, 5.74) is 0.916. The van der Waals surface area contributed by atoms with Crippen molar-refractivity contribution in [1.82, 2.24) is 9.88 Å². The van der Waals surface area contributed by atoms with Gasteiger partial charge in [0.15, 0.2) is 0 Å². The van der Waals surface area contributed by atoms with E-state index in [1.54, 1.807) is 23.2 Å². The molecule has 3 aromatic rings. The van der Waals surface area contributed by atoms with E-state index in [2.05, 4.69) is 4.98 Å². The molecule has 4 rings (SSSR count). The molecule has 1 fully saturated rings. The molecule has 5 heteroatoms. The second-order valence-electron chi connectivity index (χ2n) is 6.09. The second-order valence-corrected chi connectivity index (χ2v) is 6.09. The molecule has 0 saturated carbocycles. The van der Waals surface area contributed by atoms with Crippen molar-refractivity contribution in [3.63, 3.8) is 0 Å². The van der Waals surface area contributed by atoms with Crippen LogP contribution in [0.1, 0.15) is 16.8 Å². The lowest BCUT2D eigenvalue weighted by Gasteiger charge is -2.18. The molecule has 1 saturated heterocycles. The lowest BCUT2D eigenvalue weighted by atomic mass is 10.2. The minimum atomic E-state index is -0.491. The highest BCUT2D eigenvalue weighted by atomic mass is 19.1. The van der Waals surface area contributed by atoms with E-state index in [0.29, 0.717) is 25.3 Å². The number of amides is 1. The van der Waals surface area contributed by atoms with Crippen molar-refractivity contribution in [3.05, 3.63) is 72.2 Å². The maximum atomic E-state index is 13.8. The summed E-state index contributed by atoms with van der Waals surface area (Å²) in [6.45, 7) is 0.992. The van der Waals surface area contributed by atoms with Crippen molar-refractivity contribution in [2.45, 2.75) is 12.5 Å². The van der Waals surface area contributed by atoms with Crippen LogP contribution in [0.25, 0.3) is 10.9 Å². The fourth-order valence-electron chi connectivity index (χ4n) is 3.16. The van der Waals surface area contributed by atoms with Crippen molar-refractivity contribution in [2.24, 2.45) is 0 Å². The third-order valence-electron chi connectivity index (χ3n) is 4.43. The number of likely N-dealkylation sites (tertiary alicyclic amines) is 1. The van der Waals surface area contributed by atoms with E-state index < -0.39 is 5.82 Å². The first kappa shape index (κ1) is 15.6. The van der Waals surface area contributed by atoms with E-state index in [1.807, 2.05) is 30.3 Å². The Hall–Kier alpha value is -2.95. The molecule has 0 N–H and O–H groups in total. The fourth-order valence-corrected chi connectivity index (χ4v) is 3.16. The average molecular weight is 336 g/mol. The van der Waals surface area contributed by atoms with E-state index in [0.717, 1.165) is 10.9 Å². The molecular formula is C20H17FN2O2. The summed E-state index contributed by atoms with van der Waals surface area (Å²) >= 11 is 0. The number of carbonyl (C=O) groups is 1. The van der Waals surface area contributed by atoms with Crippen molar-refractivity contribution in [2.75, 3.05) is 13.1 Å². The summed E-state index contributed by atoms with van der Waals surface area (Å²) in [5, 5.41) is 1.01. The monoisotopic (exact) mass is 336 g/mol. The molecule has 1 unspecified atom stereocenters. The van der Waals surface area contributed by atoms with Crippen LogP contribution in [0.5, 0.6) is 5.75 Å². The van der Waals surface area contributed by atoms with Gasteiger partial charge in [-0.3, -0.25) is 9.78 Å². The molecule has 2 heterocycles. The van der Waals surface area contributed by atoms with Gasteiger partial charge in [0.25, 0.3) is 5.91 Å². The molecule has 1 amide bonds. The number of aromatic nitrogens is 1. The third-order valence-corrected chi connectivity index (χ3v) is 4.43. The predicted molar refractivity (Wildman–Crippen MR) is 93.1 cm³/mol. The summed E-state index contributed by atoms with van der Waals surface area (Å²) in [6, 6.07) is 15.7. The first-order chi connectivity index (χ1) is 12.2. The lowest BCUT2D eigenvalue weighted by molar-refractivity contribution is 0.0768. The zero-order valence-corrected chi connectivity index (χ0v) is 13.6. The SMILES string of the molecule is O=C(c1ccccc1F)N1CCC(Oc2cccc3cccnc23)C1. The molecule has 1 aliphatic rings. The molecule has 0 spiro atoms. The van der Waals surface area contributed by atoms with Crippen molar-refractivity contribution in [1.29, 1.82) is 0 Å². The number of nitrogens with zero attached hydrogens (tertiary/aromatic N) is 2. The van der Waals surface area contributed by atoms with Gasteiger partial charge in [-0.25, -0.2) is 4.39 Å². The largest absolute Gasteiger partial charge is 0.486 e. The van der Waals surface area contributed by atoms with Gasteiger partial charge < -0.3 is 9.64 Å². The van der Waals surface area contributed by atoms with Crippen molar-refractivity contribution < 1.29 is 13.9 Å². The lowest BCUT2D eigenvalue weighted by Crippen LogP contribution is -2.31. The van der Waals surface area contributed by atoms with Gasteiger partial charge in [0.05, 0.1) is 12.1 Å². The van der Waals surface area contributed by atoms with Crippen LogP contribution in [0.3, 0.4) is 0 Å². The summed E-state index contributed by atoms with van der Waals surface area (Å²) in [7, 11) is 0. The Balaban J connectivity index is 1.49. The molecule has 1 aliphatic heterocycles. The number of fused-ring (bicyclic) bond motifs is 1. The molecule has 0 radical (unpaired) electrons. The van der Waals surface area contributed by atoms with Crippen molar-refractivity contribution >= 4 is 16.8 Å². The van der Waals surface area contributed by atoms with Gasteiger partial charge in [0.2, 0.25) is 0 Å². The van der Waals surface area contributed by atoms with Gasteiger partial charge in [0.1, 0.15) is 23.2 Å². The number of carbonyl (C=O) groups excluding carboxylic acids is 1. The molecule has 25 heavy (non-hydrogen) atoms. The first-order valence-electron chi connectivity index (χ1n) is 8.26. The van der Waals surface area contributed by atoms with Crippen LogP contribution in [0.2, 0.25) is 0 Å². The van der Waals surface area contributed by atoms with Gasteiger partial charge in [-0.15, -0.1) is 0 Å². The van der Waals surface area contributed by atoms with Crippen LogP contribution in [0.4, 0.5) is 4.39 Å². The molecule has 0 bridgehead atoms. The first-order valence-corrected chi connectivity index (χ1v) is 8.26. The van der Waals surface area contributed by atoms with Gasteiger partial charge in [-0.1, -0.05) is 30.3 Å². The Labute approximate surface area is 144 Å². The molecular weight excluding hydrogens is 319 g/mol. The summed E-state index contributed by atoms with van der Waals surface area (Å²) < 4.78 is 19.9. The number of pyridine rings is 1. The standard InChI is InChI=1S/C20H17FN2O2/c21-17-8-2-1-7-16(17)20(24)23-12-10-15(13-23)25-18-9-3-5-14-6-4-11-22-19(14)18/h1-9,11,15H,10,12-13H2. The summed E-state index contributed by atoms with van der Waals surface area (Å²) in [4.78, 5) is 18.5. The number of ether oxygens (including phenoxy) is 1. The van der Waals surface area contributed by atoms with Crippen LogP contribution in [-0.2, 0) is 0 Å².